The second-order valence-corrected chi connectivity index (χ2v) is 10.7. The zero-order valence-corrected chi connectivity index (χ0v) is 23.4. The Bertz CT molecular complexity index is 2020. The first-order valence-corrected chi connectivity index (χ1v) is 14.5. The van der Waals surface area contributed by atoms with E-state index in [-0.39, 0.29) is 0 Å². The smallest absolute Gasteiger partial charge is 0.169 e. The van der Waals surface area contributed by atoms with Gasteiger partial charge in [0.25, 0.3) is 0 Å². The van der Waals surface area contributed by atoms with E-state index in [0.717, 1.165) is 56.2 Å². The molecule has 6 aromatic rings. The maximum Gasteiger partial charge on any atom is 0.169 e. The van der Waals surface area contributed by atoms with Crippen LogP contribution in [-0.2, 0) is 6.54 Å². The molecule has 0 aliphatic carbocycles. The van der Waals surface area contributed by atoms with E-state index in [4.69, 9.17) is 14.4 Å². The highest BCUT2D eigenvalue weighted by atomic mass is 16.3. The molecular formula is C38H28N4O. The van der Waals surface area contributed by atoms with E-state index in [1.165, 1.54) is 16.7 Å². The molecule has 0 bridgehead atoms. The fraction of sp³-hybridized carbons (Fsp3) is 0.0526. The van der Waals surface area contributed by atoms with Crippen LogP contribution in [-0.4, -0.2) is 11.7 Å². The van der Waals surface area contributed by atoms with Crippen LogP contribution in [0.3, 0.4) is 0 Å². The van der Waals surface area contributed by atoms with Gasteiger partial charge in [0.15, 0.2) is 6.17 Å². The summed E-state index contributed by atoms with van der Waals surface area (Å²) in [6, 6.07) is 44.1. The highest BCUT2D eigenvalue weighted by molar-refractivity contribution is 6.20. The molecule has 5 nitrogen and oxygen atoms in total. The normalized spacial score (nSPS) is 15.7. The van der Waals surface area contributed by atoms with Crippen molar-refractivity contribution in [3.63, 3.8) is 0 Å². The number of hydrogen-bond acceptors (Lipinski definition) is 5. The first kappa shape index (κ1) is 25.1. The Kier molecular flexibility index (Phi) is 6.19. The standard InChI is InChI=1S/C38H28N4O/c1-3-8-25(9-4-1)26-14-16-27(17-15-26)28-18-20-30(21-19-28)37-40-36(29-10-5-2-6-11-29)41-38(42-37)32-12-7-13-33-35(32)31-22-23-39-24-34(31)43-33/h1-23,37,39H,24H2,(H,40,41,42). The van der Waals surface area contributed by atoms with Gasteiger partial charge in [-0.3, -0.25) is 0 Å². The van der Waals surface area contributed by atoms with Crippen molar-refractivity contribution in [1.82, 2.24) is 10.6 Å². The van der Waals surface area contributed by atoms with Crippen LogP contribution in [0.4, 0.5) is 0 Å². The van der Waals surface area contributed by atoms with Gasteiger partial charge in [0.2, 0.25) is 0 Å². The summed E-state index contributed by atoms with van der Waals surface area (Å²) in [5, 5.41) is 7.85. The summed E-state index contributed by atoms with van der Waals surface area (Å²) in [5.74, 6) is 2.51. The summed E-state index contributed by atoms with van der Waals surface area (Å²) in [7, 11) is 0. The Morgan fingerprint density at radius 3 is 1.88 bits per heavy atom. The predicted molar refractivity (Wildman–Crippen MR) is 175 cm³/mol. The van der Waals surface area contributed by atoms with Gasteiger partial charge in [0.1, 0.15) is 23.0 Å². The molecule has 0 saturated carbocycles. The topological polar surface area (TPSA) is 61.9 Å². The summed E-state index contributed by atoms with van der Waals surface area (Å²) in [6.07, 6.45) is 3.66. The first-order valence-electron chi connectivity index (χ1n) is 14.5. The fourth-order valence-electron chi connectivity index (χ4n) is 5.83. The second-order valence-electron chi connectivity index (χ2n) is 10.7. The van der Waals surface area contributed by atoms with Crippen molar-refractivity contribution < 1.29 is 4.42 Å². The summed E-state index contributed by atoms with van der Waals surface area (Å²) in [4.78, 5) is 10.2. The van der Waals surface area contributed by atoms with Gasteiger partial charge in [0.05, 0.1) is 6.54 Å². The van der Waals surface area contributed by atoms with Crippen LogP contribution in [0, 0.1) is 0 Å². The van der Waals surface area contributed by atoms with Crippen LogP contribution in [0.1, 0.15) is 34.2 Å². The number of fused-ring (bicyclic) bond motifs is 3. The van der Waals surface area contributed by atoms with Gasteiger partial charge in [-0.2, -0.15) is 0 Å². The van der Waals surface area contributed by atoms with Crippen molar-refractivity contribution in [3.8, 4) is 22.3 Å². The molecule has 0 fully saturated rings. The molecule has 0 amide bonds. The van der Waals surface area contributed by atoms with Crippen LogP contribution in [0.15, 0.2) is 148 Å². The van der Waals surface area contributed by atoms with Crippen molar-refractivity contribution in [3.05, 3.63) is 162 Å². The molecule has 43 heavy (non-hydrogen) atoms. The van der Waals surface area contributed by atoms with Gasteiger partial charge in [-0.15, -0.1) is 0 Å². The maximum absolute atomic E-state index is 6.21. The third-order valence-corrected chi connectivity index (χ3v) is 8.04. The zero-order valence-electron chi connectivity index (χ0n) is 23.4. The Hall–Kier alpha value is -5.68. The van der Waals surface area contributed by atoms with Crippen molar-refractivity contribution >= 4 is 28.7 Å². The summed E-state index contributed by atoms with van der Waals surface area (Å²) in [5.41, 5.74) is 9.74. The lowest BCUT2D eigenvalue weighted by atomic mass is 9.99. The number of hydrogen-bond donors (Lipinski definition) is 2. The van der Waals surface area contributed by atoms with Gasteiger partial charge in [0, 0.05) is 22.1 Å². The number of rotatable bonds is 5. The molecule has 5 heteroatoms. The van der Waals surface area contributed by atoms with Crippen molar-refractivity contribution in [2.75, 3.05) is 0 Å². The van der Waals surface area contributed by atoms with E-state index in [2.05, 4.69) is 108 Å². The minimum Gasteiger partial charge on any atom is -0.459 e. The molecule has 5 aromatic carbocycles. The van der Waals surface area contributed by atoms with Gasteiger partial charge in [-0.05, 0) is 46.2 Å². The van der Waals surface area contributed by atoms with Crippen molar-refractivity contribution in [1.29, 1.82) is 0 Å². The number of benzene rings is 5. The van der Waals surface area contributed by atoms with E-state index < -0.39 is 6.17 Å². The van der Waals surface area contributed by atoms with E-state index in [0.29, 0.717) is 6.54 Å². The average molecular weight is 557 g/mol. The van der Waals surface area contributed by atoms with Gasteiger partial charge >= 0.3 is 0 Å². The van der Waals surface area contributed by atoms with Crippen LogP contribution in [0.25, 0.3) is 39.3 Å². The largest absolute Gasteiger partial charge is 0.459 e. The molecule has 2 aliphatic rings. The molecule has 2 N–H and O–H groups in total. The van der Waals surface area contributed by atoms with E-state index in [9.17, 15) is 0 Å². The Morgan fingerprint density at radius 2 is 1.19 bits per heavy atom. The van der Waals surface area contributed by atoms with E-state index in [1.807, 2.05) is 42.6 Å². The number of nitrogens with zero attached hydrogens (tertiary/aromatic N) is 2. The molecule has 3 heterocycles. The highest BCUT2D eigenvalue weighted by Gasteiger charge is 2.25. The monoisotopic (exact) mass is 556 g/mol. The lowest BCUT2D eigenvalue weighted by Crippen LogP contribution is -2.36. The molecule has 2 aliphatic heterocycles. The highest BCUT2D eigenvalue weighted by Crippen LogP contribution is 2.34. The summed E-state index contributed by atoms with van der Waals surface area (Å²) < 4.78 is 6.21. The predicted octanol–water partition coefficient (Wildman–Crippen LogP) is 8.34. The molecule has 0 spiro atoms. The molecule has 1 atom stereocenters. The molecule has 1 aromatic heterocycles. The molecular weight excluding hydrogens is 528 g/mol. The number of amidine groups is 2. The molecule has 0 radical (unpaired) electrons. The van der Waals surface area contributed by atoms with Crippen molar-refractivity contribution in [2.45, 2.75) is 12.7 Å². The number of furan rings is 1. The molecule has 206 valence electrons. The third kappa shape index (κ3) is 4.71. The Labute approximate surface area is 250 Å². The molecule has 8 rings (SSSR count). The second kappa shape index (κ2) is 10.6. The molecule has 0 saturated heterocycles. The van der Waals surface area contributed by atoms with Crippen LogP contribution in [0.5, 0.6) is 0 Å². The average Bonchev–Trinajstić information content (AvgIpc) is 3.48. The first-order chi connectivity index (χ1) is 21.3. The lowest BCUT2D eigenvalue weighted by molar-refractivity contribution is 0.532. The van der Waals surface area contributed by atoms with Gasteiger partial charge < -0.3 is 15.1 Å². The van der Waals surface area contributed by atoms with E-state index >= 15 is 0 Å². The minimum absolute atomic E-state index is 0.392. The number of aliphatic imine (C=N–C) groups is 2. The lowest BCUT2D eigenvalue weighted by Gasteiger charge is -2.23. The summed E-state index contributed by atoms with van der Waals surface area (Å²) in [6.45, 7) is 0.667. The Morgan fingerprint density at radius 1 is 0.581 bits per heavy atom. The fourth-order valence-corrected chi connectivity index (χ4v) is 5.83. The SMILES string of the molecule is C1=Cc2c(oc3cccc(C4=NC(c5ccc(-c6ccc(-c7ccccc7)cc6)cc5)N=C(c5ccccc5)N4)c23)CN1. The van der Waals surface area contributed by atoms with Crippen LogP contribution in [0.2, 0.25) is 0 Å². The van der Waals surface area contributed by atoms with Gasteiger partial charge in [-0.25, -0.2) is 9.98 Å². The Balaban J connectivity index is 1.16. The number of nitrogens with one attached hydrogen (secondary N) is 2. The quantitative estimate of drug-likeness (QED) is 0.224. The van der Waals surface area contributed by atoms with E-state index in [1.54, 1.807) is 0 Å². The molecule has 1 unspecified atom stereocenters. The van der Waals surface area contributed by atoms with Crippen molar-refractivity contribution in [2.24, 2.45) is 9.98 Å². The zero-order chi connectivity index (χ0) is 28.6. The third-order valence-electron chi connectivity index (χ3n) is 8.04. The van der Waals surface area contributed by atoms with Gasteiger partial charge in [-0.1, -0.05) is 121 Å². The van der Waals surface area contributed by atoms with Crippen LogP contribution < -0.4 is 10.6 Å². The maximum atomic E-state index is 6.21. The summed E-state index contributed by atoms with van der Waals surface area (Å²) >= 11 is 0. The minimum atomic E-state index is -0.392. The van der Waals surface area contributed by atoms with Crippen LogP contribution >= 0.6 is 0 Å².